The van der Waals surface area contributed by atoms with Crippen LogP contribution >= 0.6 is 11.6 Å². The van der Waals surface area contributed by atoms with E-state index in [2.05, 4.69) is 9.97 Å². The molecule has 0 atom stereocenters. The number of rotatable bonds is 0. The monoisotopic (exact) mass is 241 g/mol. The lowest BCUT2D eigenvalue weighted by atomic mass is 10.1. The minimum Gasteiger partial charge on any atom is -0.483 e. The lowest BCUT2D eigenvalue weighted by Crippen LogP contribution is -1.85. The number of benzene rings is 1. The molecule has 4 N–H and O–H groups in total. The molecule has 5 nitrogen and oxygen atoms in total. The average Bonchev–Trinajstić information content (AvgIpc) is 2.21. The summed E-state index contributed by atoms with van der Waals surface area (Å²) in [7, 11) is 0. The van der Waals surface area contributed by atoms with Crippen LogP contribution in [-0.4, -0.2) is 21.5 Å². The lowest BCUT2D eigenvalue weighted by molar-refractivity contribution is -0.122. The summed E-state index contributed by atoms with van der Waals surface area (Å²) in [5, 5.41) is 8.32. The van der Waals surface area contributed by atoms with Crippen LogP contribution in [0.25, 0.3) is 10.9 Å². The molecule has 0 aliphatic carbocycles. The van der Waals surface area contributed by atoms with Gasteiger partial charge in [0.25, 0.3) is 6.47 Å². The second-order valence-electron chi connectivity index (χ2n) is 2.74. The van der Waals surface area contributed by atoms with Gasteiger partial charge in [-0.1, -0.05) is 23.7 Å². The smallest absolute Gasteiger partial charge is 0.290 e. The SMILES string of the molecule is Cc1cccc2c(Cl)ncnc12.N.O=CO. The van der Waals surface area contributed by atoms with Gasteiger partial charge in [0.05, 0.1) is 5.52 Å². The first-order valence-corrected chi connectivity index (χ1v) is 4.52. The topological polar surface area (TPSA) is 98.1 Å². The number of aromatic nitrogens is 2. The molecule has 0 radical (unpaired) electrons. The summed E-state index contributed by atoms with van der Waals surface area (Å²) in [6.45, 7) is 1.76. The Labute approximate surface area is 97.7 Å². The van der Waals surface area contributed by atoms with E-state index in [1.807, 2.05) is 25.1 Å². The molecule has 0 saturated carbocycles. The van der Waals surface area contributed by atoms with Crippen molar-refractivity contribution >= 4 is 29.0 Å². The zero-order valence-electron chi connectivity index (χ0n) is 8.72. The van der Waals surface area contributed by atoms with Crippen LogP contribution in [0.4, 0.5) is 0 Å². The quantitative estimate of drug-likeness (QED) is 0.545. The Hall–Kier alpha value is -1.72. The van der Waals surface area contributed by atoms with E-state index in [0.717, 1.165) is 16.5 Å². The minimum absolute atomic E-state index is 0. The second kappa shape index (κ2) is 6.71. The summed E-state index contributed by atoms with van der Waals surface area (Å²) < 4.78 is 0. The molecule has 1 heterocycles. The third-order valence-corrected chi connectivity index (χ3v) is 2.12. The van der Waals surface area contributed by atoms with Crippen LogP contribution < -0.4 is 6.15 Å². The van der Waals surface area contributed by atoms with Gasteiger partial charge in [-0.2, -0.15) is 0 Å². The molecule has 0 amide bonds. The Bertz CT molecular complexity index is 435. The van der Waals surface area contributed by atoms with Crippen LogP contribution in [0.1, 0.15) is 5.56 Å². The van der Waals surface area contributed by atoms with Crippen molar-refractivity contribution in [2.75, 3.05) is 0 Å². The minimum atomic E-state index is -0.250. The van der Waals surface area contributed by atoms with E-state index in [1.54, 1.807) is 0 Å². The highest BCUT2D eigenvalue weighted by Crippen LogP contribution is 2.20. The van der Waals surface area contributed by atoms with Gasteiger partial charge in [-0.05, 0) is 18.6 Å². The second-order valence-corrected chi connectivity index (χ2v) is 3.10. The molecular weight excluding hydrogens is 230 g/mol. The maximum absolute atomic E-state index is 8.36. The Morgan fingerprint density at radius 1 is 1.38 bits per heavy atom. The molecule has 0 fully saturated rings. The number of fused-ring (bicyclic) bond motifs is 1. The molecule has 0 aliphatic heterocycles. The van der Waals surface area contributed by atoms with Crippen molar-refractivity contribution in [1.82, 2.24) is 16.1 Å². The number of carbonyl (C=O) groups is 1. The van der Waals surface area contributed by atoms with Crippen LogP contribution in [0.5, 0.6) is 0 Å². The van der Waals surface area contributed by atoms with Crippen LogP contribution in [0.2, 0.25) is 5.15 Å². The zero-order chi connectivity index (χ0) is 11.3. The maximum Gasteiger partial charge on any atom is 0.290 e. The number of aryl methyl sites for hydroxylation is 1. The van der Waals surface area contributed by atoms with E-state index in [1.165, 1.54) is 6.33 Å². The highest BCUT2D eigenvalue weighted by Gasteiger charge is 2.01. The third-order valence-electron chi connectivity index (χ3n) is 1.82. The van der Waals surface area contributed by atoms with E-state index in [4.69, 9.17) is 21.5 Å². The first-order valence-electron chi connectivity index (χ1n) is 4.14. The fourth-order valence-corrected chi connectivity index (χ4v) is 1.40. The number of para-hydroxylation sites is 1. The maximum atomic E-state index is 8.36. The average molecular weight is 242 g/mol. The predicted molar refractivity (Wildman–Crippen MR) is 63.0 cm³/mol. The van der Waals surface area contributed by atoms with Gasteiger partial charge in [0.15, 0.2) is 0 Å². The number of hydrogen-bond acceptors (Lipinski definition) is 4. The standard InChI is InChI=1S/C9H7ClN2.CH2O2.H3N/c1-6-3-2-4-7-8(6)11-5-12-9(7)10;2-1-3;/h2-5H,1H3;1H,(H,2,3);1H3. The normalized spacial score (nSPS) is 8.62. The zero-order valence-corrected chi connectivity index (χ0v) is 9.48. The molecular formula is C10H12ClN3O2. The number of nitrogens with zero attached hydrogens (tertiary/aromatic N) is 2. The molecule has 2 rings (SSSR count). The van der Waals surface area contributed by atoms with Gasteiger partial charge in [0.1, 0.15) is 11.5 Å². The van der Waals surface area contributed by atoms with E-state index in [0.29, 0.717) is 5.15 Å². The van der Waals surface area contributed by atoms with E-state index in [9.17, 15) is 0 Å². The van der Waals surface area contributed by atoms with Crippen molar-refractivity contribution in [2.45, 2.75) is 6.92 Å². The molecule has 16 heavy (non-hydrogen) atoms. The lowest BCUT2D eigenvalue weighted by Gasteiger charge is -2.00. The first-order chi connectivity index (χ1) is 7.20. The first kappa shape index (κ1) is 14.3. The highest BCUT2D eigenvalue weighted by molar-refractivity contribution is 6.34. The van der Waals surface area contributed by atoms with Crippen LogP contribution in [0, 0.1) is 6.92 Å². The van der Waals surface area contributed by atoms with Crippen molar-refractivity contribution in [2.24, 2.45) is 0 Å². The Morgan fingerprint density at radius 3 is 2.56 bits per heavy atom. The molecule has 0 unspecified atom stereocenters. The summed E-state index contributed by atoms with van der Waals surface area (Å²) in [4.78, 5) is 16.4. The van der Waals surface area contributed by atoms with Gasteiger partial charge in [0, 0.05) is 5.39 Å². The Morgan fingerprint density at radius 2 is 2.00 bits per heavy atom. The number of carboxylic acid groups (broad SMARTS) is 1. The van der Waals surface area contributed by atoms with Gasteiger partial charge in [-0.25, -0.2) is 9.97 Å². The van der Waals surface area contributed by atoms with Crippen LogP contribution in [0.3, 0.4) is 0 Å². The van der Waals surface area contributed by atoms with E-state index >= 15 is 0 Å². The molecule has 2 aromatic rings. The Balaban J connectivity index is 0.000000511. The van der Waals surface area contributed by atoms with Crippen LogP contribution in [0.15, 0.2) is 24.5 Å². The van der Waals surface area contributed by atoms with E-state index in [-0.39, 0.29) is 12.6 Å². The predicted octanol–water partition coefficient (Wildman–Crippen LogP) is 2.45. The third kappa shape index (κ3) is 3.15. The molecule has 1 aromatic carbocycles. The molecule has 0 spiro atoms. The molecule has 86 valence electrons. The van der Waals surface area contributed by atoms with E-state index < -0.39 is 0 Å². The highest BCUT2D eigenvalue weighted by atomic mass is 35.5. The number of halogens is 1. The molecule has 6 heteroatoms. The summed E-state index contributed by atoms with van der Waals surface area (Å²) in [5.74, 6) is 0. The fraction of sp³-hybridized carbons (Fsp3) is 0.100. The van der Waals surface area contributed by atoms with Crippen molar-refractivity contribution in [3.05, 3.63) is 35.2 Å². The fourth-order valence-electron chi connectivity index (χ4n) is 1.20. The van der Waals surface area contributed by atoms with Gasteiger partial charge in [-0.3, -0.25) is 4.79 Å². The number of hydrogen-bond donors (Lipinski definition) is 2. The van der Waals surface area contributed by atoms with Crippen molar-refractivity contribution < 1.29 is 9.90 Å². The summed E-state index contributed by atoms with van der Waals surface area (Å²) in [6.07, 6.45) is 1.48. The van der Waals surface area contributed by atoms with Gasteiger partial charge >= 0.3 is 0 Å². The molecule has 1 aromatic heterocycles. The molecule has 0 bridgehead atoms. The summed E-state index contributed by atoms with van der Waals surface area (Å²) in [5.41, 5.74) is 2.05. The van der Waals surface area contributed by atoms with Crippen molar-refractivity contribution in [3.63, 3.8) is 0 Å². The molecule has 0 saturated heterocycles. The summed E-state index contributed by atoms with van der Waals surface area (Å²) in [6, 6.07) is 5.88. The van der Waals surface area contributed by atoms with Crippen molar-refractivity contribution in [3.8, 4) is 0 Å². The summed E-state index contributed by atoms with van der Waals surface area (Å²) >= 11 is 5.88. The van der Waals surface area contributed by atoms with Gasteiger partial charge < -0.3 is 11.3 Å². The van der Waals surface area contributed by atoms with Gasteiger partial charge in [0.2, 0.25) is 0 Å². The largest absolute Gasteiger partial charge is 0.483 e. The van der Waals surface area contributed by atoms with Gasteiger partial charge in [-0.15, -0.1) is 0 Å². The molecule has 0 aliphatic rings. The Kier molecular flexibility index (Phi) is 5.99. The van der Waals surface area contributed by atoms with Crippen LogP contribution in [-0.2, 0) is 4.79 Å². The van der Waals surface area contributed by atoms with Crippen molar-refractivity contribution in [1.29, 1.82) is 0 Å².